The second-order valence-electron chi connectivity index (χ2n) is 7.43. The van der Waals surface area contributed by atoms with E-state index in [4.69, 9.17) is 4.74 Å². The summed E-state index contributed by atoms with van der Waals surface area (Å²) in [7, 11) is 0. The van der Waals surface area contributed by atoms with Gasteiger partial charge in [0, 0.05) is 26.2 Å². The molecule has 2 aliphatic heterocycles. The van der Waals surface area contributed by atoms with Crippen molar-refractivity contribution in [2.24, 2.45) is 0 Å². The van der Waals surface area contributed by atoms with E-state index in [1.165, 1.54) is 49.9 Å². The molecule has 0 aliphatic carbocycles. The summed E-state index contributed by atoms with van der Waals surface area (Å²) in [5, 5.41) is 3.09. The Kier molecular flexibility index (Phi) is 7.47. The number of carbonyl (C=O) groups is 1. The molecule has 0 bridgehead atoms. The first-order valence-corrected chi connectivity index (χ1v) is 10.2. The van der Waals surface area contributed by atoms with Crippen LogP contribution in [0.3, 0.4) is 0 Å². The molecule has 0 aromatic heterocycles. The second-order valence-corrected chi connectivity index (χ2v) is 7.43. The van der Waals surface area contributed by atoms with Gasteiger partial charge in [0.2, 0.25) is 0 Å². The van der Waals surface area contributed by atoms with Crippen LogP contribution in [0.5, 0.6) is 0 Å². The van der Waals surface area contributed by atoms with E-state index in [1.54, 1.807) is 0 Å². The number of rotatable bonds is 6. The van der Waals surface area contributed by atoms with E-state index < -0.39 is 0 Å². The number of likely N-dealkylation sites (N-methyl/N-ethyl adjacent to an activating group) is 1. The highest BCUT2D eigenvalue weighted by Gasteiger charge is 2.25. The minimum Gasteiger partial charge on any atom is -0.366 e. The van der Waals surface area contributed by atoms with Gasteiger partial charge in [0.05, 0.1) is 6.61 Å². The van der Waals surface area contributed by atoms with Crippen molar-refractivity contribution in [1.29, 1.82) is 0 Å². The number of benzene rings is 1. The normalized spacial score (nSPS) is 22.7. The maximum Gasteiger partial charge on any atom is 0.250 e. The first-order chi connectivity index (χ1) is 12.8. The van der Waals surface area contributed by atoms with Gasteiger partial charge in [-0.15, -0.1) is 0 Å². The summed E-state index contributed by atoms with van der Waals surface area (Å²) in [6.07, 6.45) is 4.95. The van der Waals surface area contributed by atoms with Crippen LogP contribution >= 0.6 is 0 Å². The Labute approximate surface area is 157 Å². The van der Waals surface area contributed by atoms with Crippen LogP contribution in [0, 0.1) is 0 Å². The van der Waals surface area contributed by atoms with Crippen molar-refractivity contribution in [3.8, 4) is 0 Å². The molecule has 1 amide bonds. The van der Waals surface area contributed by atoms with Crippen LogP contribution in [0.1, 0.15) is 43.7 Å². The van der Waals surface area contributed by atoms with Gasteiger partial charge in [0.15, 0.2) is 0 Å². The molecule has 0 unspecified atom stereocenters. The largest absolute Gasteiger partial charge is 0.366 e. The van der Waals surface area contributed by atoms with Crippen molar-refractivity contribution in [1.82, 2.24) is 15.1 Å². The van der Waals surface area contributed by atoms with Crippen molar-refractivity contribution in [2.75, 3.05) is 39.3 Å². The van der Waals surface area contributed by atoms with Gasteiger partial charge in [0.25, 0.3) is 5.91 Å². The van der Waals surface area contributed by atoms with Gasteiger partial charge in [0.1, 0.15) is 6.10 Å². The van der Waals surface area contributed by atoms with Crippen molar-refractivity contribution >= 4 is 5.91 Å². The summed E-state index contributed by atoms with van der Waals surface area (Å²) in [6.45, 7) is 9.26. The van der Waals surface area contributed by atoms with Gasteiger partial charge in [-0.3, -0.25) is 14.6 Å². The Balaban J connectivity index is 1.55. The average molecular weight is 360 g/mol. The van der Waals surface area contributed by atoms with Crippen molar-refractivity contribution in [3.63, 3.8) is 0 Å². The van der Waals surface area contributed by atoms with E-state index in [9.17, 15) is 4.79 Å². The van der Waals surface area contributed by atoms with Crippen LogP contribution in [0.25, 0.3) is 0 Å². The Morgan fingerprint density at radius 3 is 2.54 bits per heavy atom. The molecule has 1 aromatic rings. The molecule has 2 fully saturated rings. The van der Waals surface area contributed by atoms with E-state index >= 15 is 0 Å². The average Bonchev–Trinajstić information content (AvgIpc) is 2.96. The third-order valence-corrected chi connectivity index (χ3v) is 5.55. The summed E-state index contributed by atoms with van der Waals surface area (Å²) < 4.78 is 5.66. The lowest BCUT2D eigenvalue weighted by atomic mass is 10.1. The molecule has 5 nitrogen and oxygen atoms in total. The van der Waals surface area contributed by atoms with Gasteiger partial charge in [-0.05, 0) is 43.6 Å². The van der Waals surface area contributed by atoms with Gasteiger partial charge in [-0.1, -0.05) is 44.0 Å². The quantitative estimate of drug-likeness (QED) is 0.847. The third-order valence-electron chi connectivity index (χ3n) is 5.55. The molecule has 1 aromatic carbocycles. The van der Waals surface area contributed by atoms with E-state index in [-0.39, 0.29) is 12.0 Å². The summed E-state index contributed by atoms with van der Waals surface area (Å²) in [5.41, 5.74) is 2.54. The fourth-order valence-corrected chi connectivity index (χ4v) is 3.86. The van der Waals surface area contributed by atoms with E-state index in [0.29, 0.717) is 19.7 Å². The fraction of sp³-hybridized carbons (Fsp3) is 0.667. The molecule has 2 saturated heterocycles. The summed E-state index contributed by atoms with van der Waals surface area (Å²) in [4.78, 5) is 17.3. The zero-order valence-electron chi connectivity index (χ0n) is 16.1. The topological polar surface area (TPSA) is 44.8 Å². The lowest BCUT2D eigenvalue weighted by Crippen LogP contribution is -2.49. The van der Waals surface area contributed by atoms with Crippen LogP contribution in [-0.4, -0.2) is 61.1 Å². The second kappa shape index (κ2) is 10.0. The smallest absolute Gasteiger partial charge is 0.250 e. The first kappa shape index (κ1) is 19.3. The maximum atomic E-state index is 12.5. The molecule has 5 heteroatoms. The number of carbonyl (C=O) groups excluding carboxylic acids is 1. The molecule has 144 valence electrons. The number of hydrogen-bond acceptors (Lipinski definition) is 4. The minimum absolute atomic E-state index is 0.00715. The highest BCUT2D eigenvalue weighted by molar-refractivity contribution is 5.81. The zero-order valence-corrected chi connectivity index (χ0v) is 16.1. The van der Waals surface area contributed by atoms with Crippen LogP contribution in [0.2, 0.25) is 0 Å². The van der Waals surface area contributed by atoms with E-state index in [1.807, 2.05) is 0 Å². The van der Waals surface area contributed by atoms with Crippen LogP contribution in [-0.2, 0) is 22.6 Å². The molecule has 26 heavy (non-hydrogen) atoms. The standard InChI is InChI=1S/C21H33N3O2/c1-2-23-13-14-26-20(17-23)21(25)22-15-18-9-5-6-10-19(18)16-24-11-7-3-4-8-12-24/h5-6,9-10,20H,2-4,7-8,11-17H2,1H3,(H,22,25)/t20-/m0/s1. The molecule has 2 aliphatic rings. The monoisotopic (exact) mass is 359 g/mol. The first-order valence-electron chi connectivity index (χ1n) is 10.2. The molecule has 0 radical (unpaired) electrons. The third kappa shape index (κ3) is 5.53. The number of hydrogen-bond donors (Lipinski definition) is 1. The van der Waals surface area contributed by atoms with Crippen molar-refractivity contribution in [3.05, 3.63) is 35.4 Å². The number of nitrogens with zero attached hydrogens (tertiary/aromatic N) is 2. The van der Waals surface area contributed by atoms with Crippen LogP contribution < -0.4 is 5.32 Å². The molecule has 0 saturated carbocycles. The Morgan fingerprint density at radius 1 is 1.08 bits per heavy atom. The van der Waals surface area contributed by atoms with E-state index in [0.717, 1.165) is 19.6 Å². The summed E-state index contributed by atoms with van der Waals surface area (Å²) >= 11 is 0. The number of amides is 1. The minimum atomic E-state index is -0.346. The molecule has 2 heterocycles. The lowest BCUT2D eigenvalue weighted by Gasteiger charge is -2.31. The molecule has 3 rings (SSSR count). The predicted octanol–water partition coefficient (Wildman–Crippen LogP) is 2.40. The van der Waals surface area contributed by atoms with Gasteiger partial charge in [-0.25, -0.2) is 0 Å². The summed E-state index contributed by atoms with van der Waals surface area (Å²) in [6, 6.07) is 8.49. The number of ether oxygens (including phenoxy) is 1. The van der Waals surface area contributed by atoms with Crippen molar-refractivity contribution in [2.45, 2.75) is 51.8 Å². The van der Waals surface area contributed by atoms with Crippen molar-refractivity contribution < 1.29 is 9.53 Å². The molecule has 0 spiro atoms. The van der Waals surface area contributed by atoms with Gasteiger partial charge < -0.3 is 10.1 Å². The fourth-order valence-electron chi connectivity index (χ4n) is 3.86. The van der Waals surface area contributed by atoms with Gasteiger partial charge >= 0.3 is 0 Å². The SMILES string of the molecule is CCN1CCO[C@H](C(=O)NCc2ccccc2CN2CCCCCC2)C1. The maximum absolute atomic E-state index is 12.5. The Hall–Kier alpha value is -1.43. The van der Waals surface area contributed by atoms with Gasteiger partial charge in [-0.2, -0.15) is 0 Å². The lowest BCUT2D eigenvalue weighted by molar-refractivity contribution is -0.138. The zero-order chi connectivity index (χ0) is 18.2. The Morgan fingerprint density at radius 2 is 1.81 bits per heavy atom. The molecule has 1 atom stereocenters. The Bertz CT molecular complexity index is 570. The number of likely N-dealkylation sites (tertiary alicyclic amines) is 1. The molecule has 1 N–H and O–H groups in total. The van der Waals surface area contributed by atoms with E-state index in [2.05, 4.69) is 46.3 Å². The molecular weight excluding hydrogens is 326 g/mol. The highest BCUT2D eigenvalue weighted by atomic mass is 16.5. The van der Waals surface area contributed by atoms with Crippen LogP contribution in [0.4, 0.5) is 0 Å². The number of morpholine rings is 1. The molecular formula is C21H33N3O2. The predicted molar refractivity (Wildman–Crippen MR) is 104 cm³/mol. The summed E-state index contributed by atoms with van der Waals surface area (Å²) in [5.74, 6) is 0.00715. The number of nitrogens with one attached hydrogen (secondary N) is 1. The highest BCUT2D eigenvalue weighted by Crippen LogP contribution is 2.16. The van der Waals surface area contributed by atoms with Crippen LogP contribution in [0.15, 0.2) is 24.3 Å².